The number of furan rings is 1. The average Bonchev–Trinajstić information content (AvgIpc) is 2.86. The molecule has 21 heavy (non-hydrogen) atoms. The van der Waals surface area contributed by atoms with E-state index in [1.54, 1.807) is 0 Å². The summed E-state index contributed by atoms with van der Waals surface area (Å²) >= 11 is 0. The first-order valence-electron chi connectivity index (χ1n) is 7.28. The van der Waals surface area contributed by atoms with Crippen molar-refractivity contribution in [2.75, 3.05) is 0 Å². The quantitative estimate of drug-likeness (QED) is 0.758. The fourth-order valence-electron chi connectivity index (χ4n) is 2.81. The van der Waals surface area contributed by atoms with Crippen LogP contribution in [0.3, 0.4) is 0 Å². The molecular weight excluding hydrogens is 260 g/mol. The largest absolute Gasteiger partial charge is 0.458 e. The molecule has 0 radical (unpaired) electrons. The van der Waals surface area contributed by atoms with Crippen molar-refractivity contribution < 1.29 is 9.52 Å². The molecule has 1 unspecified atom stereocenters. The van der Waals surface area contributed by atoms with Gasteiger partial charge in [-0.05, 0) is 55.7 Å². The van der Waals surface area contributed by atoms with E-state index in [0.717, 1.165) is 11.0 Å². The Morgan fingerprint density at radius 1 is 1.00 bits per heavy atom. The lowest BCUT2D eigenvalue weighted by Crippen LogP contribution is -2.03. The summed E-state index contributed by atoms with van der Waals surface area (Å²) in [5.74, 6) is 0.637. The van der Waals surface area contributed by atoms with Gasteiger partial charge >= 0.3 is 0 Å². The predicted octanol–water partition coefficient (Wildman–Crippen LogP) is 4.63. The zero-order chi connectivity index (χ0) is 15.0. The number of fused-ring (bicyclic) bond motifs is 1. The van der Waals surface area contributed by atoms with E-state index in [1.807, 2.05) is 24.3 Å². The van der Waals surface area contributed by atoms with Crippen LogP contribution < -0.4 is 0 Å². The zero-order valence-corrected chi connectivity index (χ0v) is 12.7. The van der Waals surface area contributed by atoms with Gasteiger partial charge in [0.1, 0.15) is 17.4 Å². The van der Waals surface area contributed by atoms with Gasteiger partial charge in [0, 0.05) is 11.8 Å². The van der Waals surface area contributed by atoms with E-state index < -0.39 is 6.10 Å². The van der Waals surface area contributed by atoms with Crippen LogP contribution in [0.25, 0.3) is 11.0 Å². The topological polar surface area (TPSA) is 33.4 Å². The van der Waals surface area contributed by atoms with Crippen LogP contribution >= 0.6 is 0 Å². The van der Waals surface area contributed by atoms with Gasteiger partial charge in [-0.25, -0.2) is 0 Å². The van der Waals surface area contributed by atoms with Crippen LogP contribution in [0.15, 0.2) is 46.9 Å². The first-order valence-corrected chi connectivity index (χ1v) is 7.28. The molecule has 108 valence electrons. The van der Waals surface area contributed by atoms with Crippen LogP contribution in [0, 0.1) is 20.8 Å². The number of hydrogen-bond acceptors (Lipinski definition) is 2. The Labute approximate surface area is 125 Å². The molecule has 0 aliphatic rings. The Morgan fingerprint density at radius 3 is 2.43 bits per heavy atom. The summed E-state index contributed by atoms with van der Waals surface area (Å²) in [5.41, 5.74) is 5.64. The van der Waals surface area contributed by atoms with E-state index >= 15 is 0 Å². The minimum atomic E-state index is -0.613. The number of aliphatic hydroxyl groups excluding tert-OH is 1. The average molecular weight is 280 g/mol. The summed E-state index contributed by atoms with van der Waals surface area (Å²) in [6.45, 7) is 6.22. The molecule has 0 fully saturated rings. The molecule has 3 rings (SSSR count). The van der Waals surface area contributed by atoms with Crippen molar-refractivity contribution in [2.45, 2.75) is 33.3 Å². The second-order valence-electron chi connectivity index (χ2n) is 5.78. The second kappa shape index (κ2) is 5.38. The normalized spacial score (nSPS) is 12.8. The van der Waals surface area contributed by atoms with Crippen LogP contribution in [0.2, 0.25) is 0 Å². The molecule has 0 bridgehead atoms. The van der Waals surface area contributed by atoms with Gasteiger partial charge in [0.05, 0.1) is 0 Å². The number of aliphatic hydroxyl groups is 1. The molecule has 1 N–H and O–H groups in total. The summed E-state index contributed by atoms with van der Waals surface area (Å²) in [6, 6.07) is 14.2. The number of rotatable bonds is 3. The zero-order valence-electron chi connectivity index (χ0n) is 12.7. The molecule has 3 aromatic rings. The van der Waals surface area contributed by atoms with E-state index in [9.17, 15) is 5.11 Å². The van der Waals surface area contributed by atoms with Crippen molar-refractivity contribution in [1.82, 2.24) is 0 Å². The van der Waals surface area contributed by atoms with Crippen molar-refractivity contribution in [3.05, 3.63) is 70.5 Å². The van der Waals surface area contributed by atoms with Gasteiger partial charge in [0.2, 0.25) is 0 Å². The van der Waals surface area contributed by atoms with Gasteiger partial charge < -0.3 is 9.52 Å². The van der Waals surface area contributed by atoms with Crippen molar-refractivity contribution >= 4 is 11.0 Å². The van der Waals surface area contributed by atoms with E-state index in [2.05, 4.69) is 39.0 Å². The third-order valence-corrected chi connectivity index (χ3v) is 4.06. The highest BCUT2D eigenvalue weighted by atomic mass is 16.4. The van der Waals surface area contributed by atoms with Gasteiger partial charge in [-0.3, -0.25) is 0 Å². The summed E-state index contributed by atoms with van der Waals surface area (Å²) in [4.78, 5) is 0. The maximum Gasteiger partial charge on any atom is 0.134 e. The van der Waals surface area contributed by atoms with Gasteiger partial charge in [0.25, 0.3) is 0 Å². The van der Waals surface area contributed by atoms with Crippen molar-refractivity contribution in [1.29, 1.82) is 0 Å². The van der Waals surface area contributed by atoms with Crippen LogP contribution in [0.4, 0.5) is 0 Å². The Kier molecular flexibility index (Phi) is 3.56. The molecule has 1 aromatic heterocycles. The standard InChI is InChI=1S/C19H20O2/c1-12-7-8-18-15(9-12)10-19(21-18)17(20)11-16-13(2)5-4-6-14(16)3/h4-10,17,20H,11H2,1-3H3. The smallest absolute Gasteiger partial charge is 0.134 e. The number of aryl methyl sites for hydroxylation is 3. The Bertz CT molecular complexity index is 763. The van der Waals surface area contributed by atoms with Crippen LogP contribution in [0.5, 0.6) is 0 Å². The molecular formula is C19H20O2. The molecule has 0 saturated heterocycles. The van der Waals surface area contributed by atoms with Gasteiger partial charge in [-0.1, -0.05) is 29.8 Å². The second-order valence-corrected chi connectivity index (χ2v) is 5.78. The number of hydrogen-bond donors (Lipinski definition) is 1. The molecule has 0 saturated carbocycles. The maximum absolute atomic E-state index is 10.5. The lowest BCUT2D eigenvalue weighted by molar-refractivity contribution is 0.152. The Balaban J connectivity index is 1.91. The van der Waals surface area contributed by atoms with Crippen LogP contribution in [0.1, 0.15) is 34.1 Å². The molecule has 2 nitrogen and oxygen atoms in total. The molecule has 0 spiro atoms. The first-order chi connectivity index (χ1) is 10.0. The minimum absolute atomic E-state index is 0.581. The highest BCUT2D eigenvalue weighted by Crippen LogP contribution is 2.28. The molecule has 1 atom stereocenters. The monoisotopic (exact) mass is 280 g/mol. The third kappa shape index (κ3) is 2.72. The fraction of sp³-hybridized carbons (Fsp3) is 0.263. The molecule has 2 heteroatoms. The number of benzene rings is 2. The molecule has 0 amide bonds. The summed E-state index contributed by atoms with van der Waals surface area (Å²) in [5, 5.41) is 11.5. The molecule has 0 aliphatic carbocycles. The minimum Gasteiger partial charge on any atom is -0.458 e. The van der Waals surface area contributed by atoms with Crippen molar-refractivity contribution in [2.24, 2.45) is 0 Å². The highest BCUT2D eigenvalue weighted by Gasteiger charge is 2.16. The maximum atomic E-state index is 10.5. The SMILES string of the molecule is Cc1ccc2oc(C(O)Cc3c(C)cccc3C)cc2c1. The van der Waals surface area contributed by atoms with Crippen molar-refractivity contribution in [3.63, 3.8) is 0 Å². The highest BCUT2D eigenvalue weighted by molar-refractivity contribution is 5.78. The van der Waals surface area contributed by atoms with Crippen LogP contribution in [-0.4, -0.2) is 5.11 Å². The van der Waals surface area contributed by atoms with Gasteiger partial charge in [-0.15, -0.1) is 0 Å². The Hall–Kier alpha value is -2.06. The van der Waals surface area contributed by atoms with Crippen LogP contribution in [-0.2, 0) is 6.42 Å². The molecule has 0 aliphatic heterocycles. The van der Waals surface area contributed by atoms with Gasteiger partial charge in [0.15, 0.2) is 0 Å². The summed E-state index contributed by atoms with van der Waals surface area (Å²) in [6.07, 6.45) is -0.0328. The summed E-state index contributed by atoms with van der Waals surface area (Å²) in [7, 11) is 0. The molecule has 1 heterocycles. The lowest BCUT2D eigenvalue weighted by Gasteiger charge is -2.13. The van der Waals surface area contributed by atoms with Crippen molar-refractivity contribution in [3.8, 4) is 0 Å². The van der Waals surface area contributed by atoms with E-state index in [0.29, 0.717) is 12.2 Å². The predicted molar refractivity (Wildman–Crippen MR) is 85.5 cm³/mol. The third-order valence-electron chi connectivity index (χ3n) is 4.06. The molecule has 2 aromatic carbocycles. The first kappa shape index (κ1) is 13.9. The summed E-state index contributed by atoms with van der Waals surface area (Å²) < 4.78 is 5.79. The Morgan fingerprint density at radius 2 is 1.71 bits per heavy atom. The lowest BCUT2D eigenvalue weighted by atomic mass is 9.97. The fourth-order valence-corrected chi connectivity index (χ4v) is 2.81. The van der Waals surface area contributed by atoms with E-state index in [4.69, 9.17) is 4.42 Å². The van der Waals surface area contributed by atoms with Gasteiger partial charge in [-0.2, -0.15) is 0 Å². The van der Waals surface area contributed by atoms with E-state index in [-0.39, 0.29) is 0 Å². The van der Waals surface area contributed by atoms with E-state index in [1.165, 1.54) is 22.3 Å².